The van der Waals surface area contributed by atoms with E-state index in [1.54, 1.807) is 0 Å². The molecule has 7 nitrogen and oxygen atoms in total. The van der Waals surface area contributed by atoms with E-state index in [4.69, 9.17) is 10.8 Å². The quantitative estimate of drug-likeness (QED) is 0.767. The van der Waals surface area contributed by atoms with Gasteiger partial charge in [-0.3, -0.25) is 9.59 Å². The lowest BCUT2D eigenvalue weighted by Crippen LogP contribution is -2.31. The fraction of sp³-hybridized carbons (Fsp3) is 0.333. The number of hydrogen-bond acceptors (Lipinski definition) is 5. The van der Waals surface area contributed by atoms with Crippen molar-refractivity contribution in [2.45, 2.75) is 38.6 Å². The van der Waals surface area contributed by atoms with Gasteiger partial charge in [0.25, 0.3) is 5.91 Å². The number of carboxylic acid groups (broad SMARTS) is 1. The van der Waals surface area contributed by atoms with Crippen molar-refractivity contribution < 1.29 is 14.7 Å². The maximum absolute atomic E-state index is 12.4. The van der Waals surface area contributed by atoms with E-state index < -0.39 is 17.9 Å². The minimum atomic E-state index is -1.02. The van der Waals surface area contributed by atoms with Crippen LogP contribution < -0.4 is 11.1 Å². The molecule has 0 saturated carbocycles. The van der Waals surface area contributed by atoms with Crippen LogP contribution in [0.5, 0.6) is 0 Å². The minimum absolute atomic E-state index is 0.00263. The molecule has 1 amide bonds. The third kappa shape index (κ3) is 4.76. The lowest BCUT2D eigenvalue weighted by Gasteiger charge is -2.21. The lowest BCUT2D eigenvalue weighted by atomic mass is 9.86. The summed E-state index contributed by atoms with van der Waals surface area (Å²) in [5.41, 5.74) is 7.43. The molecular formula is C18H22N4O3. The standard InChI is InChI=1S/C18H22N4O3/c1-18(2,3)12-6-4-11(5-7-12)13(10-14(23)24)22-17(25)15-16(19)21-9-8-20-15/h4-9,13H,10H2,1-3H3,(H2,19,21)(H,22,25)(H,23,24). The van der Waals surface area contributed by atoms with E-state index in [1.165, 1.54) is 12.4 Å². The minimum Gasteiger partial charge on any atom is -0.481 e. The first-order valence-corrected chi connectivity index (χ1v) is 7.88. The van der Waals surface area contributed by atoms with Gasteiger partial charge >= 0.3 is 5.97 Å². The highest BCUT2D eigenvalue weighted by Crippen LogP contribution is 2.25. The smallest absolute Gasteiger partial charge is 0.305 e. The molecule has 25 heavy (non-hydrogen) atoms. The number of nitrogens with zero attached hydrogens (tertiary/aromatic N) is 2. The number of aromatic nitrogens is 2. The predicted molar refractivity (Wildman–Crippen MR) is 94.0 cm³/mol. The second kappa shape index (κ2) is 7.29. The van der Waals surface area contributed by atoms with E-state index in [2.05, 4.69) is 36.1 Å². The van der Waals surface area contributed by atoms with E-state index in [-0.39, 0.29) is 23.3 Å². The highest BCUT2D eigenvalue weighted by Gasteiger charge is 2.22. The van der Waals surface area contributed by atoms with Crippen LogP contribution in [0.2, 0.25) is 0 Å². The summed E-state index contributed by atoms with van der Waals surface area (Å²) in [4.78, 5) is 31.3. The Bertz CT molecular complexity index is 767. The number of nitrogens with one attached hydrogen (secondary N) is 1. The number of amides is 1. The zero-order valence-electron chi connectivity index (χ0n) is 14.5. The molecule has 0 bridgehead atoms. The molecule has 4 N–H and O–H groups in total. The van der Waals surface area contributed by atoms with Crippen molar-refractivity contribution in [3.63, 3.8) is 0 Å². The van der Waals surface area contributed by atoms with Gasteiger partial charge in [-0.2, -0.15) is 0 Å². The molecule has 1 unspecified atom stereocenters. The molecule has 2 rings (SSSR count). The number of carbonyl (C=O) groups excluding carboxylic acids is 1. The average Bonchev–Trinajstić information content (AvgIpc) is 2.53. The maximum Gasteiger partial charge on any atom is 0.305 e. The Balaban J connectivity index is 2.26. The Morgan fingerprint density at radius 3 is 2.28 bits per heavy atom. The van der Waals surface area contributed by atoms with E-state index in [1.807, 2.05) is 24.3 Å². The monoisotopic (exact) mass is 342 g/mol. The summed E-state index contributed by atoms with van der Waals surface area (Å²) in [5, 5.41) is 11.8. The topological polar surface area (TPSA) is 118 Å². The number of nitrogen functional groups attached to an aromatic ring is 1. The second-order valence-electron chi connectivity index (χ2n) is 6.79. The van der Waals surface area contributed by atoms with Crippen molar-refractivity contribution in [2.75, 3.05) is 5.73 Å². The maximum atomic E-state index is 12.4. The van der Waals surface area contributed by atoms with Gasteiger partial charge in [-0.25, -0.2) is 9.97 Å². The molecule has 1 heterocycles. The van der Waals surface area contributed by atoms with Gasteiger partial charge in [0.05, 0.1) is 12.5 Å². The molecule has 0 aliphatic carbocycles. The Morgan fingerprint density at radius 1 is 1.16 bits per heavy atom. The number of hydrogen-bond donors (Lipinski definition) is 3. The van der Waals surface area contributed by atoms with Crippen LogP contribution in [0.3, 0.4) is 0 Å². The predicted octanol–water partition coefficient (Wildman–Crippen LogP) is 2.30. The van der Waals surface area contributed by atoms with Gasteiger partial charge in [-0.1, -0.05) is 45.0 Å². The zero-order valence-corrected chi connectivity index (χ0v) is 14.5. The van der Waals surface area contributed by atoms with Gasteiger partial charge < -0.3 is 16.2 Å². The summed E-state index contributed by atoms with van der Waals surface area (Å²) in [6.45, 7) is 6.28. The average molecular weight is 342 g/mol. The van der Waals surface area contributed by atoms with E-state index >= 15 is 0 Å². The second-order valence-corrected chi connectivity index (χ2v) is 6.79. The van der Waals surface area contributed by atoms with Crippen molar-refractivity contribution >= 4 is 17.7 Å². The highest BCUT2D eigenvalue weighted by atomic mass is 16.4. The van der Waals surface area contributed by atoms with Gasteiger partial charge in [-0.15, -0.1) is 0 Å². The summed E-state index contributed by atoms with van der Waals surface area (Å²) < 4.78 is 0. The van der Waals surface area contributed by atoms with Gasteiger partial charge in [0, 0.05) is 12.4 Å². The molecule has 1 aromatic heterocycles. The van der Waals surface area contributed by atoms with Crippen molar-refractivity contribution in [3.8, 4) is 0 Å². The molecular weight excluding hydrogens is 320 g/mol. The molecule has 0 aliphatic rings. The van der Waals surface area contributed by atoms with Gasteiger partial charge in [0.2, 0.25) is 0 Å². The van der Waals surface area contributed by atoms with Crippen LogP contribution in [0, 0.1) is 0 Å². The third-order valence-corrected chi connectivity index (χ3v) is 3.80. The number of anilines is 1. The van der Waals surface area contributed by atoms with Crippen LogP contribution in [0.15, 0.2) is 36.7 Å². The number of aliphatic carboxylic acids is 1. The molecule has 0 radical (unpaired) electrons. The molecule has 7 heteroatoms. The summed E-state index contributed by atoms with van der Waals surface area (Å²) in [6, 6.07) is 6.84. The SMILES string of the molecule is CC(C)(C)c1ccc(C(CC(=O)O)NC(=O)c2nccnc2N)cc1. The van der Waals surface area contributed by atoms with Crippen molar-refractivity contribution in [3.05, 3.63) is 53.5 Å². The van der Waals surface area contributed by atoms with Crippen LogP contribution in [0.4, 0.5) is 5.82 Å². The number of nitrogens with two attached hydrogens (primary N) is 1. The third-order valence-electron chi connectivity index (χ3n) is 3.80. The Hall–Kier alpha value is -2.96. The summed E-state index contributed by atoms with van der Waals surface area (Å²) in [7, 11) is 0. The van der Waals surface area contributed by atoms with Gasteiger partial charge in [0.1, 0.15) is 0 Å². The van der Waals surface area contributed by atoms with E-state index in [9.17, 15) is 9.59 Å². The van der Waals surface area contributed by atoms with Crippen LogP contribution in [0.25, 0.3) is 0 Å². The highest BCUT2D eigenvalue weighted by molar-refractivity contribution is 5.96. The summed E-state index contributed by atoms with van der Waals surface area (Å²) >= 11 is 0. The Morgan fingerprint density at radius 2 is 1.76 bits per heavy atom. The number of rotatable bonds is 5. The molecule has 0 spiro atoms. The molecule has 132 valence electrons. The molecule has 0 fully saturated rings. The Kier molecular flexibility index (Phi) is 5.36. The number of carbonyl (C=O) groups is 2. The first kappa shape index (κ1) is 18.4. The fourth-order valence-electron chi connectivity index (χ4n) is 2.39. The number of benzene rings is 1. The lowest BCUT2D eigenvalue weighted by molar-refractivity contribution is -0.137. The van der Waals surface area contributed by atoms with Crippen LogP contribution in [-0.4, -0.2) is 27.0 Å². The van der Waals surface area contributed by atoms with Gasteiger partial charge in [-0.05, 0) is 16.5 Å². The normalized spacial score (nSPS) is 12.4. The van der Waals surface area contributed by atoms with Crippen LogP contribution in [-0.2, 0) is 10.2 Å². The number of carboxylic acids is 1. The first-order valence-electron chi connectivity index (χ1n) is 7.88. The molecule has 1 aromatic carbocycles. The largest absolute Gasteiger partial charge is 0.481 e. The molecule has 0 saturated heterocycles. The van der Waals surface area contributed by atoms with Crippen LogP contribution >= 0.6 is 0 Å². The zero-order chi connectivity index (χ0) is 18.6. The Labute approximate surface area is 146 Å². The summed E-state index contributed by atoms with van der Waals surface area (Å²) in [5.74, 6) is -1.58. The first-order chi connectivity index (χ1) is 11.7. The van der Waals surface area contributed by atoms with Crippen molar-refractivity contribution in [2.24, 2.45) is 0 Å². The van der Waals surface area contributed by atoms with Gasteiger partial charge in [0.15, 0.2) is 11.5 Å². The van der Waals surface area contributed by atoms with E-state index in [0.717, 1.165) is 5.56 Å². The van der Waals surface area contributed by atoms with E-state index in [0.29, 0.717) is 5.56 Å². The van der Waals surface area contributed by atoms with Crippen molar-refractivity contribution in [1.29, 1.82) is 0 Å². The fourth-order valence-corrected chi connectivity index (χ4v) is 2.39. The molecule has 2 aromatic rings. The summed E-state index contributed by atoms with van der Waals surface area (Å²) in [6.07, 6.45) is 2.49. The van der Waals surface area contributed by atoms with Crippen molar-refractivity contribution in [1.82, 2.24) is 15.3 Å². The molecule has 1 atom stereocenters. The van der Waals surface area contributed by atoms with Crippen LogP contribution in [0.1, 0.15) is 54.8 Å². The molecule has 0 aliphatic heterocycles.